The molecule has 0 saturated heterocycles. The van der Waals surface area contributed by atoms with E-state index in [1.807, 2.05) is 0 Å². The van der Waals surface area contributed by atoms with Gasteiger partial charge in [-0.05, 0) is 24.3 Å². The molecule has 0 unspecified atom stereocenters. The molecule has 19 heavy (non-hydrogen) atoms. The van der Waals surface area contributed by atoms with Crippen LogP contribution in [0.1, 0.15) is 0 Å². The summed E-state index contributed by atoms with van der Waals surface area (Å²) in [5.74, 6) is 0.230. The van der Waals surface area contributed by atoms with E-state index < -0.39 is 0 Å². The van der Waals surface area contributed by atoms with E-state index in [1.165, 1.54) is 17.7 Å². The van der Waals surface area contributed by atoms with E-state index in [-0.39, 0.29) is 11.8 Å². The summed E-state index contributed by atoms with van der Waals surface area (Å²) in [6.07, 6.45) is 0. The molecule has 0 saturated carbocycles. The van der Waals surface area contributed by atoms with Gasteiger partial charge in [0, 0.05) is 11.6 Å². The summed E-state index contributed by atoms with van der Waals surface area (Å²) in [4.78, 5) is 4.05. The van der Waals surface area contributed by atoms with Crippen LogP contribution in [-0.2, 0) is 0 Å². The van der Waals surface area contributed by atoms with Crippen molar-refractivity contribution in [2.45, 2.75) is 0 Å². The van der Waals surface area contributed by atoms with Crippen LogP contribution >= 0.6 is 0 Å². The normalized spacial score (nSPS) is 10.8. The first-order chi connectivity index (χ1) is 9.19. The molecule has 0 bridgehead atoms. The molecule has 0 aliphatic heterocycles. The third kappa shape index (κ3) is 1.87. The number of halogens is 1. The number of hydrogen-bond donors (Lipinski definition) is 1. The number of nitrogens with two attached hydrogens (primary N) is 1. The van der Waals surface area contributed by atoms with Crippen molar-refractivity contribution in [2.24, 2.45) is 0 Å². The summed E-state index contributed by atoms with van der Waals surface area (Å²) in [7, 11) is 1.49. The Labute approximate surface area is 108 Å². The molecule has 0 spiro atoms. The Morgan fingerprint density at radius 1 is 1.26 bits per heavy atom. The minimum Gasteiger partial charge on any atom is -0.497 e. The lowest BCUT2D eigenvalue weighted by atomic mass is 10.1. The maximum absolute atomic E-state index is 14.1. The summed E-state index contributed by atoms with van der Waals surface area (Å²) in [5, 5.41) is 4.06. The number of ether oxygens (including phenoxy) is 1. The largest absolute Gasteiger partial charge is 0.497 e. The standard InChI is InChI=1S/C13H11FN4O/c1-19-8-5-6-9(10(14)7-8)11-3-2-4-12-16-13(15)17-18(11)12/h2-7H,1H3,(H2,15,17). The Bertz CT molecular complexity index is 753. The zero-order valence-corrected chi connectivity index (χ0v) is 10.2. The first kappa shape index (κ1) is 11.5. The number of anilines is 1. The van der Waals surface area contributed by atoms with Gasteiger partial charge >= 0.3 is 0 Å². The number of benzene rings is 1. The molecule has 0 aliphatic rings. The van der Waals surface area contributed by atoms with E-state index in [1.54, 1.807) is 30.3 Å². The van der Waals surface area contributed by atoms with Gasteiger partial charge in [0.2, 0.25) is 5.95 Å². The first-order valence-electron chi connectivity index (χ1n) is 5.64. The van der Waals surface area contributed by atoms with Crippen LogP contribution in [0.25, 0.3) is 16.9 Å². The highest BCUT2D eigenvalue weighted by Gasteiger charge is 2.11. The Balaban J connectivity index is 2.24. The van der Waals surface area contributed by atoms with E-state index in [2.05, 4.69) is 10.1 Å². The van der Waals surface area contributed by atoms with E-state index in [9.17, 15) is 4.39 Å². The highest BCUT2D eigenvalue weighted by Crippen LogP contribution is 2.26. The van der Waals surface area contributed by atoms with E-state index in [0.29, 0.717) is 22.7 Å². The van der Waals surface area contributed by atoms with Crippen molar-refractivity contribution >= 4 is 11.6 Å². The van der Waals surface area contributed by atoms with Gasteiger partial charge in [-0.15, -0.1) is 5.10 Å². The molecular weight excluding hydrogens is 247 g/mol. The van der Waals surface area contributed by atoms with Gasteiger partial charge in [0.1, 0.15) is 11.6 Å². The smallest absolute Gasteiger partial charge is 0.240 e. The Morgan fingerprint density at radius 2 is 2.11 bits per heavy atom. The molecular formula is C13H11FN4O. The Hall–Kier alpha value is -2.63. The predicted molar refractivity (Wildman–Crippen MR) is 69.3 cm³/mol. The summed E-state index contributed by atoms with van der Waals surface area (Å²) in [5.41, 5.74) is 7.14. The lowest BCUT2D eigenvalue weighted by molar-refractivity contribution is 0.411. The number of nitrogens with zero attached hydrogens (tertiary/aromatic N) is 3. The average Bonchev–Trinajstić information content (AvgIpc) is 2.78. The zero-order chi connectivity index (χ0) is 13.4. The number of aromatic nitrogens is 3. The number of fused-ring (bicyclic) bond motifs is 1. The fourth-order valence-corrected chi connectivity index (χ4v) is 1.96. The minimum atomic E-state index is -0.388. The molecule has 2 N–H and O–H groups in total. The van der Waals surface area contributed by atoms with Crippen molar-refractivity contribution in [2.75, 3.05) is 12.8 Å². The average molecular weight is 258 g/mol. The fraction of sp³-hybridized carbons (Fsp3) is 0.0769. The molecule has 0 aliphatic carbocycles. The van der Waals surface area contributed by atoms with Crippen LogP contribution in [0.5, 0.6) is 5.75 Å². The molecule has 5 nitrogen and oxygen atoms in total. The van der Waals surface area contributed by atoms with Gasteiger partial charge in [-0.3, -0.25) is 0 Å². The number of nitrogen functional groups attached to an aromatic ring is 1. The Kier molecular flexibility index (Phi) is 2.56. The second-order valence-corrected chi connectivity index (χ2v) is 4.00. The van der Waals surface area contributed by atoms with Gasteiger partial charge in [-0.25, -0.2) is 8.91 Å². The van der Waals surface area contributed by atoms with Crippen LogP contribution in [0.15, 0.2) is 36.4 Å². The van der Waals surface area contributed by atoms with Crippen LogP contribution in [0.2, 0.25) is 0 Å². The summed E-state index contributed by atoms with van der Waals surface area (Å²) < 4.78 is 20.6. The molecule has 96 valence electrons. The van der Waals surface area contributed by atoms with Gasteiger partial charge in [-0.1, -0.05) is 6.07 Å². The summed E-state index contributed by atoms with van der Waals surface area (Å²) in [6.45, 7) is 0. The lowest BCUT2D eigenvalue weighted by Gasteiger charge is -2.07. The van der Waals surface area contributed by atoms with Gasteiger partial charge in [-0.2, -0.15) is 4.98 Å². The predicted octanol–water partition coefficient (Wildman–Crippen LogP) is 2.13. The van der Waals surface area contributed by atoms with Crippen molar-refractivity contribution < 1.29 is 9.13 Å². The minimum absolute atomic E-state index is 0.154. The van der Waals surface area contributed by atoms with Gasteiger partial charge < -0.3 is 10.5 Å². The third-order valence-electron chi connectivity index (χ3n) is 2.83. The van der Waals surface area contributed by atoms with Gasteiger partial charge in [0.15, 0.2) is 5.65 Å². The SMILES string of the molecule is COc1ccc(-c2cccc3nc(N)nn23)c(F)c1. The molecule has 0 fully saturated rings. The number of pyridine rings is 1. The summed E-state index contributed by atoms with van der Waals surface area (Å²) in [6, 6.07) is 9.95. The second kappa shape index (κ2) is 4.24. The van der Waals surface area contributed by atoms with E-state index in [0.717, 1.165) is 0 Å². The molecule has 2 aromatic heterocycles. The molecule has 3 rings (SSSR count). The third-order valence-corrected chi connectivity index (χ3v) is 2.83. The molecule has 0 atom stereocenters. The van der Waals surface area contributed by atoms with Crippen molar-refractivity contribution in [3.63, 3.8) is 0 Å². The molecule has 0 radical (unpaired) electrons. The van der Waals surface area contributed by atoms with E-state index >= 15 is 0 Å². The van der Waals surface area contributed by atoms with Crippen molar-refractivity contribution in [1.29, 1.82) is 0 Å². The molecule has 6 heteroatoms. The van der Waals surface area contributed by atoms with Crippen LogP contribution in [-0.4, -0.2) is 21.7 Å². The molecule has 1 aromatic carbocycles. The molecule has 2 heterocycles. The topological polar surface area (TPSA) is 65.4 Å². The van der Waals surface area contributed by atoms with Crippen LogP contribution in [0.4, 0.5) is 10.3 Å². The number of rotatable bonds is 2. The highest BCUT2D eigenvalue weighted by atomic mass is 19.1. The first-order valence-corrected chi connectivity index (χ1v) is 5.64. The number of methoxy groups -OCH3 is 1. The van der Waals surface area contributed by atoms with Crippen LogP contribution in [0.3, 0.4) is 0 Å². The zero-order valence-electron chi connectivity index (χ0n) is 10.2. The highest BCUT2D eigenvalue weighted by molar-refractivity contribution is 5.65. The maximum atomic E-state index is 14.1. The molecule has 3 aromatic rings. The quantitative estimate of drug-likeness (QED) is 0.764. The van der Waals surface area contributed by atoms with Gasteiger partial charge in [0.05, 0.1) is 12.8 Å². The maximum Gasteiger partial charge on any atom is 0.240 e. The number of hydrogen-bond acceptors (Lipinski definition) is 4. The summed E-state index contributed by atoms with van der Waals surface area (Å²) >= 11 is 0. The van der Waals surface area contributed by atoms with Gasteiger partial charge in [0.25, 0.3) is 0 Å². The van der Waals surface area contributed by atoms with Crippen LogP contribution < -0.4 is 10.5 Å². The fourth-order valence-electron chi connectivity index (χ4n) is 1.96. The lowest BCUT2D eigenvalue weighted by Crippen LogP contribution is -1.97. The van der Waals surface area contributed by atoms with Crippen molar-refractivity contribution in [1.82, 2.24) is 14.6 Å². The monoisotopic (exact) mass is 258 g/mol. The second-order valence-electron chi connectivity index (χ2n) is 4.00. The molecule has 0 amide bonds. The van der Waals surface area contributed by atoms with E-state index in [4.69, 9.17) is 10.5 Å². The van der Waals surface area contributed by atoms with Crippen molar-refractivity contribution in [3.8, 4) is 17.0 Å². The van der Waals surface area contributed by atoms with Crippen LogP contribution in [0, 0.1) is 5.82 Å². The van der Waals surface area contributed by atoms with Crippen molar-refractivity contribution in [3.05, 3.63) is 42.2 Å². The Morgan fingerprint density at radius 3 is 2.84 bits per heavy atom.